The Labute approximate surface area is 123 Å². The van der Waals surface area contributed by atoms with Gasteiger partial charge in [0, 0.05) is 11.6 Å². The fraction of sp³-hybridized carbons (Fsp3) is 0.647. The summed E-state index contributed by atoms with van der Waals surface area (Å²) in [5.74, 6) is 0.879. The molecule has 1 aliphatic rings. The average Bonchev–Trinajstić information content (AvgIpc) is 2.76. The van der Waals surface area contributed by atoms with Gasteiger partial charge in [0.1, 0.15) is 5.75 Å². The summed E-state index contributed by atoms with van der Waals surface area (Å²) in [6.07, 6.45) is 5.27. The van der Waals surface area contributed by atoms with Crippen LogP contribution in [0.15, 0.2) is 24.3 Å². The summed E-state index contributed by atoms with van der Waals surface area (Å²) >= 11 is 0. The number of methoxy groups -OCH3 is 1. The van der Waals surface area contributed by atoms with Crippen LogP contribution in [0.1, 0.15) is 51.1 Å². The normalized spacial score (nSPS) is 19.4. The van der Waals surface area contributed by atoms with Crippen LogP contribution in [-0.4, -0.2) is 30.6 Å². The van der Waals surface area contributed by atoms with Gasteiger partial charge in [0.2, 0.25) is 0 Å². The number of nitrogens with two attached hydrogens (primary N) is 1. The third kappa shape index (κ3) is 3.33. The Morgan fingerprint density at radius 3 is 2.40 bits per heavy atom. The summed E-state index contributed by atoms with van der Waals surface area (Å²) < 4.78 is 5.31. The number of hydrogen-bond acceptors (Lipinski definition) is 3. The molecule has 2 N–H and O–H groups in total. The van der Waals surface area contributed by atoms with Gasteiger partial charge in [-0.3, -0.25) is 4.90 Å². The van der Waals surface area contributed by atoms with Crippen LogP contribution in [-0.2, 0) is 0 Å². The summed E-state index contributed by atoms with van der Waals surface area (Å²) in [4.78, 5) is 2.56. The Kier molecular flexibility index (Phi) is 5.06. The maximum Gasteiger partial charge on any atom is 0.119 e. The van der Waals surface area contributed by atoms with Gasteiger partial charge in [-0.2, -0.15) is 0 Å². The molecule has 1 atom stereocenters. The highest BCUT2D eigenvalue weighted by Crippen LogP contribution is 2.32. The lowest BCUT2D eigenvalue weighted by Crippen LogP contribution is -2.51. The van der Waals surface area contributed by atoms with Crippen LogP contribution in [0.5, 0.6) is 5.75 Å². The molecule has 2 rings (SSSR count). The van der Waals surface area contributed by atoms with Crippen molar-refractivity contribution in [2.24, 2.45) is 5.73 Å². The molecule has 3 nitrogen and oxygen atoms in total. The van der Waals surface area contributed by atoms with Crippen molar-refractivity contribution in [3.05, 3.63) is 29.8 Å². The molecule has 1 saturated heterocycles. The highest BCUT2D eigenvalue weighted by Gasteiger charge is 2.34. The number of rotatable bonds is 4. The molecular formula is C17H28N2O. The molecule has 0 amide bonds. The van der Waals surface area contributed by atoms with Gasteiger partial charge in [-0.1, -0.05) is 25.0 Å². The van der Waals surface area contributed by atoms with E-state index in [9.17, 15) is 0 Å². The summed E-state index contributed by atoms with van der Waals surface area (Å²) in [5, 5.41) is 0. The van der Waals surface area contributed by atoms with Crippen molar-refractivity contribution in [3.63, 3.8) is 0 Å². The predicted octanol–water partition coefficient (Wildman–Crippen LogP) is 3.35. The molecule has 20 heavy (non-hydrogen) atoms. The highest BCUT2D eigenvalue weighted by molar-refractivity contribution is 5.32. The van der Waals surface area contributed by atoms with Gasteiger partial charge in [-0.15, -0.1) is 0 Å². The van der Waals surface area contributed by atoms with Crippen molar-refractivity contribution in [1.82, 2.24) is 4.90 Å². The second-order valence-electron chi connectivity index (χ2n) is 6.31. The largest absolute Gasteiger partial charge is 0.497 e. The van der Waals surface area contributed by atoms with Crippen LogP contribution in [0.2, 0.25) is 0 Å². The second-order valence-corrected chi connectivity index (χ2v) is 6.31. The minimum absolute atomic E-state index is 0.00398. The number of nitrogens with zero attached hydrogens (tertiary/aromatic N) is 1. The smallest absolute Gasteiger partial charge is 0.119 e. The van der Waals surface area contributed by atoms with E-state index in [-0.39, 0.29) is 11.6 Å². The lowest BCUT2D eigenvalue weighted by Gasteiger charge is -2.42. The minimum atomic E-state index is -0.0310. The zero-order valence-corrected chi connectivity index (χ0v) is 13.1. The Bertz CT molecular complexity index is 423. The van der Waals surface area contributed by atoms with Crippen molar-refractivity contribution in [2.45, 2.75) is 51.1 Å². The first-order chi connectivity index (χ1) is 9.55. The number of hydrogen-bond donors (Lipinski definition) is 1. The Morgan fingerprint density at radius 2 is 1.80 bits per heavy atom. The molecule has 1 unspecified atom stereocenters. The van der Waals surface area contributed by atoms with Gasteiger partial charge in [0.05, 0.1) is 7.11 Å². The van der Waals surface area contributed by atoms with E-state index in [1.54, 1.807) is 7.11 Å². The lowest BCUT2D eigenvalue weighted by atomic mass is 9.87. The molecule has 112 valence electrons. The lowest BCUT2D eigenvalue weighted by molar-refractivity contribution is 0.0979. The van der Waals surface area contributed by atoms with E-state index in [1.165, 1.54) is 25.7 Å². The standard InChI is InChI=1S/C17H28N2O/c1-17(2,19-11-6-4-5-7-12-19)16(18)14-9-8-10-15(13-14)20-3/h8-10,13,16H,4-7,11-12,18H2,1-3H3. The van der Waals surface area contributed by atoms with E-state index in [1.807, 2.05) is 12.1 Å². The SMILES string of the molecule is COc1cccc(C(N)C(C)(C)N2CCCCCC2)c1. The average molecular weight is 276 g/mol. The van der Waals surface area contributed by atoms with E-state index in [4.69, 9.17) is 10.5 Å². The van der Waals surface area contributed by atoms with Gasteiger partial charge in [-0.05, 0) is 57.5 Å². The molecule has 1 fully saturated rings. The van der Waals surface area contributed by atoms with Gasteiger partial charge in [0.15, 0.2) is 0 Å². The van der Waals surface area contributed by atoms with Crippen LogP contribution in [0.4, 0.5) is 0 Å². The zero-order chi connectivity index (χ0) is 14.6. The molecule has 0 aliphatic carbocycles. The fourth-order valence-electron chi connectivity index (χ4n) is 3.09. The highest BCUT2D eigenvalue weighted by atomic mass is 16.5. The van der Waals surface area contributed by atoms with E-state index in [0.717, 1.165) is 24.4 Å². The van der Waals surface area contributed by atoms with Crippen LogP contribution in [0, 0.1) is 0 Å². The quantitative estimate of drug-likeness (QED) is 0.916. The Morgan fingerprint density at radius 1 is 1.15 bits per heavy atom. The van der Waals surface area contributed by atoms with Crippen molar-refractivity contribution in [1.29, 1.82) is 0 Å². The molecular weight excluding hydrogens is 248 g/mol. The third-order valence-corrected chi connectivity index (χ3v) is 4.64. The van der Waals surface area contributed by atoms with Crippen LogP contribution >= 0.6 is 0 Å². The zero-order valence-electron chi connectivity index (χ0n) is 13.1. The molecule has 0 radical (unpaired) electrons. The number of likely N-dealkylation sites (tertiary alicyclic amines) is 1. The van der Waals surface area contributed by atoms with Crippen LogP contribution < -0.4 is 10.5 Å². The predicted molar refractivity (Wildman–Crippen MR) is 84.0 cm³/mol. The first-order valence-electron chi connectivity index (χ1n) is 7.70. The summed E-state index contributed by atoms with van der Waals surface area (Å²) in [6, 6.07) is 8.15. The monoisotopic (exact) mass is 276 g/mol. The molecule has 0 spiro atoms. The minimum Gasteiger partial charge on any atom is -0.497 e. The van der Waals surface area contributed by atoms with Crippen molar-refractivity contribution in [3.8, 4) is 5.75 Å². The van der Waals surface area contributed by atoms with Gasteiger partial charge >= 0.3 is 0 Å². The molecule has 0 bridgehead atoms. The molecule has 1 aromatic rings. The topological polar surface area (TPSA) is 38.5 Å². The fourth-order valence-corrected chi connectivity index (χ4v) is 3.09. The molecule has 1 aromatic carbocycles. The van der Waals surface area contributed by atoms with E-state index >= 15 is 0 Å². The van der Waals surface area contributed by atoms with E-state index < -0.39 is 0 Å². The summed E-state index contributed by atoms with van der Waals surface area (Å²) in [5.41, 5.74) is 7.70. The molecule has 0 saturated carbocycles. The maximum atomic E-state index is 6.58. The van der Waals surface area contributed by atoms with Crippen molar-refractivity contribution >= 4 is 0 Å². The summed E-state index contributed by atoms with van der Waals surface area (Å²) in [6.45, 7) is 6.85. The van der Waals surface area contributed by atoms with Gasteiger partial charge < -0.3 is 10.5 Å². The van der Waals surface area contributed by atoms with Gasteiger partial charge in [0.25, 0.3) is 0 Å². The van der Waals surface area contributed by atoms with E-state index in [2.05, 4.69) is 30.9 Å². The molecule has 0 aromatic heterocycles. The summed E-state index contributed by atoms with van der Waals surface area (Å²) in [7, 11) is 1.70. The maximum absolute atomic E-state index is 6.58. The molecule has 1 heterocycles. The van der Waals surface area contributed by atoms with Gasteiger partial charge in [-0.25, -0.2) is 0 Å². The number of benzene rings is 1. The Hall–Kier alpha value is -1.06. The number of ether oxygens (including phenoxy) is 1. The van der Waals surface area contributed by atoms with Crippen molar-refractivity contribution < 1.29 is 4.74 Å². The molecule has 1 aliphatic heterocycles. The van der Waals surface area contributed by atoms with Crippen LogP contribution in [0.25, 0.3) is 0 Å². The molecule has 3 heteroatoms. The Balaban J connectivity index is 2.17. The van der Waals surface area contributed by atoms with Crippen LogP contribution in [0.3, 0.4) is 0 Å². The second kappa shape index (κ2) is 6.59. The van der Waals surface area contributed by atoms with E-state index in [0.29, 0.717) is 0 Å². The third-order valence-electron chi connectivity index (χ3n) is 4.64. The van der Waals surface area contributed by atoms with Crippen molar-refractivity contribution in [2.75, 3.05) is 20.2 Å². The first kappa shape index (κ1) is 15.3. The first-order valence-corrected chi connectivity index (χ1v) is 7.70.